The van der Waals surface area contributed by atoms with Gasteiger partial charge >= 0.3 is 5.97 Å². The molecule has 0 bridgehead atoms. The summed E-state index contributed by atoms with van der Waals surface area (Å²) in [4.78, 5) is 14.8. The summed E-state index contributed by atoms with van der Waals surface area (Å²) in [6, 6.07) is 8.24. The molecule has 5 nitrogen and oxygen atoms in total. The second-order valence-corrected chi connectivity index (χ2v) is 4.44. The van der Waals surface area contributed by atoms with Gasteiger partial charge in [-0.2, -0.15) is 0 Å². The highest BCUT2D eigenvalue weighted by Crippen LogP contribution is 2.25. The lowest BCUT2D eigenvalue weighted by Crippen LogP contribution is -2.05. The molecular weight excluding hydrogens is 266 g/mol. The van der Waals surface area contributed by atoms with Crippen LogP contribution in [0.2, 0.25) is 5.02 Å². The molecule has 0 radical (unpaired) electrons. The van der Waals surface area contributed by atoms with Gasteiger partial charge in [-0.05, 0) is 36.8 Å². The summed E-state index contributed by atoms with van der Waals surface area (Å²) in [5.41, 5.74) is 7.69. The maximum absolute atomic E-state index is 10.9. The van der Waals surface area contributed by atoms with Crippen LogP contribution in [0.1, 0.15) is 16.1 Å². The molecule has 0 saturated heterocycles. The lowest BCUT2D eigenvalue weighted by atomic mass is 10.2. The number of anilines is 3. The minimum atomic E-state index is -1.11. The fourth-order valence-electron chi connectivity index (χ4n) is 1.50. The van der Waals surface area contributed by atoms with Crippen LogP contribution < -0.4 is 11.1 Å². The molecule has 1 heterocycles. The Hall–Kier alpha value is -2.27. The first kappa shape index (κ1) is 13.2. The van der Waals surface area contributed by atoms with Crippen LogP contribution in [0.3, 0.4) is 0 Å². The minimum absolute atomic E-state index is 0.0742. The molecule has 2 rings (SSSR count). The SMILES string of the molecule is Cc1ccc(Nc2nc(C(=O)O)ccc2N)cc1Cl. The smallest absolute Gasteiger partial charge is 0.354 e. The van der Waals surface area contributed by atoms with E-state index in [9.17, 15) is 4.79 Å². The van der Waals surface area contributed by atoms with E-state index in [4.69, 9.17) is 22.4 Å². The Morgan fingerprint density at radius 2 is 2.11 bits per heavy atom. The normalized spacial score (nSPS) is 10.2. The summed E-state index contributed by atoms with van der Waals surface area (Å²) in [6.45, 7) is 1.89. The number of nitrogens with one attached hydrogen (secondary N) is 1. The van der Waals surface area contributed by atoms with E-state index >= 15 is 0 Å². The Balaban J connectivity index is 2.34. The molecule has 1 aromatic heterocycles. The number of nitrogen functional groups attached to an aromatic ring is 1. The summed E-state index contributed by atoms with van der Waals surface area (Å²) in [5, 5.41) is 12.5. The van der Waals surface area contributed by atoms with Gasteiger partial charge in [0, 0.05) is 10.7 Å². The van der Waals surface area contributed by atoms with E-state index in [1.54, 1.807) is 6.07 Å². The zero-order chi connectivity index (χ0) is 14.0. The number of nitrogens with zero attached hydrogens (tertiary/aromatic N) is 1. The number of aryl methyl sites for hydroxylation is 1. The van der Waals surface area contributed by atoms with Gasteiger partial charge in [0.05, 0.1) is 5.69 Å². The lowest BCUT2D eigenvalue weighted by molar-refractivity contribution is 0.0690. The molecule has 98 valence electrons. The van der Waals surface area contributed by atoms with Crippen molar-refractivity contribution in [2.24, 2.45) is 0 Å². The zero-order valence-corrected chi connectivity index (χ0v) is 10.9. The molecule has 0 aliphatic carbocycles. The fraction of sp³-hybridized carbons (Fsp3) is 0.0769. The average Bonchev–Trinajstić information content (AvgIpc) is 2.36. The Morgan fingerprint density at radius 3 is 2.74 bits per heavy atom. The fourth-order valence-corrected chi connectivity index (χ4v) is 1.68. The van der Waals surface area contributed by atoms with Gasteiger partial charge < -0.3 is 16.2 Å². The first-order valence-corrected chi connectivity index (χ1v) is 5.88. The molecule has 0 aliphatic rings. The van der Waals surface area contributed by atoms with E-state index in [2.05, 4.69) is 10.3 Å². The molecule has 0 atom stereocenters. The largest absolute Gasteiger partial charge is 0.477 e. The Morgan fingerprint density at radius 1 is 1.37 bits per heavy atom. The predicted octanol–water partition coefficient (Wildman–Crippen LogP) is 3.07. The maximum Gasteiger partial charge on any atom is 0.354 e. The number of nitrogens with two attached hydrogens (primary N) is 1. The Kier molecular flexibility index (Phi) is 3.57. The summed E-state index contributed by atoms with van der Waals surface area (Å²) < 4.78 is 0. The van der Waals surface area contributed by atoms with Gasteiger partial charge in [0.15, 0.2) is 11.5 Å². The third-order valence-electron chi connectivity index (χ3n) is 2.58. The van der Waals surface area contributed by atoms with Gasteiger partial charge in [0.25, 0.3) is 0 Å². The number of rotatable bonds is 3. The van der Waals surface area contributed by atoms with Crippen LogP contribution in [0, 0.1) is 6.92 Å². The summed E-state index contributed by atoms with van der Waals surface area (Å²) in [6.07, 6.45) is 0. The van der Waals surface area contributed by atoms with E-state index in [0.29, 0.717) is 22.2 Å². The van der Waals surface area contributed by atoms with E-state index < -0.39 is 5.97 Å². The minimum Gasteiger partial charge on any atom is -0.477 e. The summed E-state index contributed by atoms with van der Waals surface area (Å²) in [7, 11) is 0. The van der Waals surface area contributed by atoms with Crippen LogP contribution >= 0.6 is 11.6 Å². The van der Waals surface area contributed by atoms with Gasteiger partial charge in [-0.3, -0.25) is 0 Å². The van der Waals surface area contributed by atoms with Crippen molar-refractivity contribution in [1.29, 1.82) is 0 Å². The molecule has 0 amide bonds. The number of aromatic carboxylic acids is 1. The van der Waals surface area contributed by atoms with E-state index in [0.717, 1.165) is 5.56 Å². The number of halogens is 1. The number of hydrogen-bond acceptors (Lipinski definition) is 4. The van der Waals surface area contributed by atoms with Gasteiger partial charge in [0.1, 0.15) is 0 Å². The van der Waals surface area contributed by atoms with Crippen LogP contribution in [0.4, 0.5) is 17.2 Å². The maximum atomic E-state index is 10.9. The van der Waals surface area contributed by atoms with Gasteiger partial charge in [-0.1, -0.05) is 17.7 Å². The first-order valence-electron chi connectivity index (χ1n) is 5.50. The van der Waals surface area contributed by atoms with Gasteiger partial charge in [0.2, 0.25) is 0 Å². The Labute approximate surface area is 115 Å². The van der Waals surface area contributed by atoms with Crippen molar-refractivity contribution in [2.75, 3.05) is 11.1 Å². The van der Waals surface area contributed by atoms with Crippen molar-refractivity contribution >= 4 is 34.8 Å². The molecule has 0 unspecified atom stereocenters. The highest BCUT2D eigenvalue weighted by Gasteiger charge is 2.09. The van der Waals surface area contributed by atoms with Gasteiger partial charge in [-0.25, -0.2) is 9.78 Å². The summed E-state index contributed by atoms with van der Waals surface area (Å²) in [5.74, 6) is -0.815. The van der Waals surface area contributed by atoms with E-state index in [1.165, 1.54) is 12.1 Å². The van der Waals surface area contributed by atoms with Crippen LogP contribution in [0.25, 0.3) is 0 Å². The molecule has 0 saturated carbocycles. The van der Waals surface area contributed by atoms with E-state index in [-0.39, 0.29) is 5.69 Å². The van der Waals surface area contributed by atoms with Crippen LogP contribution in [-0.2, 0) is 0 Å². The second kappa shape index (κ2) is 5.16. The second-order valence-electron chi connectivity index (χ2n) is 4.03. The first-order chi connectivity index (χ1) is 8.97. The monoisotopic (exact) mass is 277 g/mol. The number of aromatic nitrogens is 1. The molecule has 4 N–H and O–H groups in total. The molecule has 2 aromatic rings. The van der Waals surface area contributed by atoms with Gasteiger partial charge in [-0.15, -0.1) is 0 Å². The highest BCUT2D eigenvalue weighted by molar-refractivity contribution is 6.31. The predicted molar refractivity (Wildman–Crippen MR) is 75.1 cm³/mol. The molecule has 0 spiro atoms. The molecule has 1 aromatic carbocycles. The zero-order valence-electron chi connectivity index (χ0n) is 10.1. The molecule has 0 aliphatic heterocycles. The van der Waals surface area contributed by atoms with Crippen molar-refractivity contribution in [3.05, 3.63) is 46.6 Å². The average molecular weight is 278 g/mol. The molecule has 0 fully saturated rings. The number of hydrogen-bond donors (Lipinski definition) is 3. The number of carboxylic acids is 1. The number of carboxylic acid groups (broad SMARTS) is 1. The third kappa shape index (κ3) is 2.95. The standard InChI is InChI=1S/C13H12ClN3O2/c1-7-2-3-8(6-9(7)14)16-12-10(15)4-5-11(17-12)13(18)19/h2-6H,15H2,1H3,(H,16,17)(H,18,19). The van der Waals surface area contributed by atoms with Crippen molar-refractivity contribution < 1.29 is 9.90 Å². The third-order valence-corrected chi connectivity index (χ3v) is 2.99. The highest BCUT2D eigenvalue weighted by atomic mass is 35.5. The van der Waals surface area contributed by atoms with Crippen LogP contribution in [0.15, 0.2) is 30.3 Å². The topological polar surface area (TPSA) is 88.2 Å². The van der Waals surface area contributed by atoms with Crippen molar-refractivity contribution in [3.8, 4) is 0 Å². The van der Waals surface area contributed by atoms with Crippen molar-refractivity contribution in [3.63, 3.8) is 0 Å². The van der Waals surface area contributed by atoms with Crippen LogP contribution in [0.5, 0.6) is 0 Å². The number of benzene rings is 1. The van der Waals surface area contributed by atoms with Crippen LogP contribution in [-0.4, -0.2) is 16.1 Å². The molecule has 6 heteroatoms. The molecular formula is C13H12ClN3O2. The number of pyridine rings is 1. The van der Waals surface area contributed by atoms with Crippen molar-refractivity contribution in [2.45, 2.75) is 6.92 Å². The molecule has 19 heavy (non-hydrogen) atoms. The Bertz CT molecular complexity index is 644. The van der Waals surface area contributed by atoms with E-state index in [1.807, 2.05) is 19.1 Å². The number of carbonyl (C=O) groups is 1. The summed E-state index contributed by atoms with van der Waals surface area (Å²) >= 11 is 6.02. The quantitative estimate of drug-likeness (QED) is 0.802. The van der Waals surface area contributed by atoms with Crippen molar-refractivity contribution in [1.82, 2.24) is 4.98 Å². The lowest BCUT2D eigenvalue weighted by Gasteiger charge is -2.10.